The molecule has 5 rings (SSSR count). The average molecular weight is 527 g/mol. The molecule has 0 saturated heterocycles. The second kappa shape index (κ2) is 6.40. The van der Waals surface area contributed by atoms with E-state index in [-0.39, 0.29) is 25.5 Å². The van der Waals surface area contributed by atoms with Gasteiger partial charge in [0.2, 0.25) is 0 Å². The molecule has 3 aromatic rings. The molecule has 1 aromatic heterocycles. The van der Waals surface area contributed by atoms with Crippen LogP contribution < -0.4 is 14.2 Å². The van der Waals surface area contributed by atoms with Gasteiger partial charge in [-0.05, 0) is 18.4 Å². The molecule has 26 heavy (non-hydrogen) atoms. The predicted molar refractivity (Wildman–Crippen MR) is 96.8 cm³/mol. The first kappa shape index (κ1) is 17.6. The molecule has 1 aliphatic heterocycles. The Kier molecular flexibility index (Phi) is 4.32. The molecule has 0 unspecified atom stereocenters. The van der Waals surface area contributed by atoms with Crippen molar-refractivity contribution in [1.29, 1.82) is 0 Å². The molecule has 1 saturated carbocycles. The van der Waals surface area contributed by atoms with Crippen molar-refractivity contribution >= 4 is 21.7 Å². The Morgan fingerprint density at radius 3 is 2.69 bits per heavy atom. The van der Waals surface area contributed by atoms with Crippen LogP contribution in [0.2, 0.25) is 0 Å². The van der Waals surface area contributed by atoms with E-state index in [1.165, 1.54) is 31.2 Å². The second-order valence-corrected chi connectivity index (χ2v) is 7.07. The van der Waals surface area contributed by atoms with Crippen LogP contribution in [0.25, 0.3) is 21.7 Å². The zero-order chi connectivity index (χ0) is 17.0. The van der Waals surface area contributed by atoms with Gasteiger partial charge in [0, 0.05) is 42.7 Å². The van der Waals surface area contributed by atoms with Gasteiger partial charge in [-0.2, -0.15) is 0 Å². The van der Waals surface area contributed by atoms with E-state index in [1.807, 2.05) is 12.3 Å². The Balaban J connectivity index is 0.00000168. The minimum Gasteiger partial charge on any atom is -0.536 e. The summed E-state index contributed by atoms with van der Waals surface area (Å²) in [5.74, 6) is 2.28. The molecule has 0 N–H and O–H groups in total. The van der Waals surface area contributed by atoms with Gasteiger partial charge in [0.25, 0.3) is 0 Å². The van der Waals surface area contributed by atoms with Crippen molar-refractivity contribution in [2.45, 2.75) is 31.1 Å². The van der Waals surface area contributed by atoms with Crippen LogP contribution in [-0.4, -0.2) is 25.8 Å². The first-order valence-corrected chi connectivity index (χ1v) is 8.79. The van der Waals surface area contributed by atoms with Crippen LogP contribution in [0.4, 0.5) is 0 Å². The zero-order valence-electron chi connectivity index (χ0n) is 14.9. The van der Waals surface area contributed by atoms with Gasteiger partial charge in [-0.1, -0.05) is 37.1 Å². The van der Waals surface area contributed by atoms with Crippen LogP contribution >= 0.6 is 0 Å². The van der Waals surface area contributed by atoms with E-state index in [4.69, 9.17) is 19.2 Å². The normalized spacial score (nSPS) is 17.2. The third kappa shape index (κ3) is 2.34. The van der Waals surface area contributed by atoms with Gasteiger partial charge >= 0.3 is 0 Å². The summed E-state index contributed by atoms with van der Waals surface area (Å²) in [6, 6.07) is 9.49. The second-order valence-electron chi connectivity index (χ2n) is 7.07. The molecule has 0 bridgehead atoms. The average Bonchev–Trinajstić information content (AvgIpc) is 3.28. The van der Waals surface area contributed by atoms with Crippen molar-refractivity contribution in [1.82, 2.24) is 4.98 Å². The molecule has 2 aromatic carbocycles. The minimum absolute atomic E-state index is 0. The number of methoxy groups -OCH3 is 2. The Hall–Kier alpha value is -1.84. The summed E-state index contributed by atoms with van der Waals surface area (Å²) in [5.41, 5.74) is 2.39. The van der Waals surface area contributed by atoms with Crippen LogP contribution in [-0.2, 0) is 25.5 Å². The first-order chi connectivity index (χ1) is 12.3. The fraction of sp³-hybridized carbons (Fsp3) is 0.381. The molecule has 1 radical (unpaired) electrons. The number of fused-ring (bicyclic) bond motifs is 6. The van der Waals surface area contributed by atoms with E-state index < -0.39 is 0 Å². The molecule has 2 aliphatic rings. The number of benzene rings is 2. The molecule has 4 nitrogen and oxygen atoms in total. The van der Waals surface area contributed by atoms with Gasteiger partial charge in [-0.3, -0.25) is 0 Å². The maximum atomic E-state index is 6.19. The van der Waals surface area contributed by atoms with Crippen LogP contribution in [0.5, 0.6) is 17.2 Å². The molecule has 1 aliphatic carbocycles. The van der Waals surface area contributed by atoms with E-state index in [9.17, 15) is 0 Å². The summed E-state index contributed by atoms with van der Waals surface area (Å²) >= 11 is 0. The van der Waals surface area contributed by atoms with Crippen molar-refractivity contribution in [2.75, 3.05) is 20.8 Å². The Morgan fingerprint density at radius 1 is 1.15 bits per heavy atom. The molecule has 2 heterocycles. The summed E-state index contributed by atoms with van der Waals surface area (Å²) < 4.78 is 17.0. The molecular weight excluding hydrogens is 506 g/mol. The Bertz CT molecular complexity index is 996. The van der Waals surface area contributed by atoms with Crippen LogP contribution in [0.15, 0.2) is 24.4 Å². The van der Waals surface area contributed by atoms with Crippen LogP contribution in [0, 0.1) is 6.07 Å². The Labute approximate surface area is 166 Å². The van der Waals surface area contributed by atoms with Gasteiger partial charge in [0.1, 0.15) is 5.75 Å². The van der Waals surface area contributed by atoms with Crippen molar-refractivity contribution in [3.63, 3.8) is 0 Å². The number of pyridine rings is 1. The van der Waals surface area contributed by atoms with Crippen molar-refractivity contribution < 1.29 is 34.3 Å². The quantitative estimate of drug-likeness (QED) is 0.367. The minimum atomic E-state index is 0. The molecule has 0 amide bonds. The molecule has 5 heteroatoms. The monoisotopic (exact) mass is 527 g/mol. The first-order valence-electron chi connectivity index (χ1n) is 8.79. The number of nitrogens with zero attached hydrogens (tertiary/aromatic N) is 1. The molecular formula is C21H20IrNO3-. The Morgan fingerprint density at radius 2 is 1.96 bits per heavy atom. The number of ether oxygens (including phenoxy) is 3. The summed E-state index contributed by atoms with van der Waals surface area (Å²) in [5, 5.41) is 3.04. The van der Waals surface area contributed by atoms with Gasteiger partial charge in [0.15, 0.2) is 0 Å². The van der Waals surface area contributed by atoms with E-state index in [2.05, 4.69) is 18.2 Å². The standard InChI is InChI=1S/C21H20NO3.Ir/c1-23-17-9-13-5-6-14-19(15(13)10-18(17)24-2)22-11-16-20(14)25-12-21(16)7-3-4-8-21;/h5-6,9,11H,3-4,7-8,12H2,1-2H3;/q-1;. The topological polar surface area (TPSA) is 40.6 Å². The fourth-order valence-corrected chi connectivity index (χ4v) is 4.48. The third-order valence-electron chi connectivity index (χ3n) is 5.82. The largest absolute Gasteiger partial charge is 0.536 e. The number of rotatable bonds is 2. The van der Waals surface area contributed by atoms with E-state index >= 15 is 0 Å². The number of hydrogen-bond acceptors (Lipinski definition) is 4. The maximum Gasteiger partial charge on any atom is 0.124 e. The van der Waals surface area contributed by atoms with Crippen molar-refractivity contribution in [3.8, 4) is 17.2 Å². The summed E-state index contributed by atoms with van der Waals surface area (Å²) in [6.07, 6.45) is 7.00. The summed E-state index contributed by atoms with van der Waals surface area (Å²) in [6.45, 7) is 0.789. The molecule has 137 valence electrons. The smallest absolute Gasteiger partial charge is 0.124 e. The predicted octanol–water partition coefficient (Wildman–Crippen LogP) is 4.41. The van der Waals surface area contributed by atoms with Gasteiger partial charge < -0.3 is 19.2 Å². The molecule has 0 atom stereocenters. The van der Waals surface area contributed by atoms with Gasteiger partial charge in [0.05, 0.1) is 32.3 Å². The molecule has 1 fully saturated rings. The summed E-state index contributed by atoms with van der Waals surface area (Å²) in [7, 11) is 3.27. The zero-order valence-corrected chi connectivity index (χ0v) is 17.2. The van der Waals surface area contributed by atoms with Gasteiger partial charge in [-0.25, -0.2) is 0 Å². The maximum absolute atomic E-state index is 6.19. The van der Waals surface area contributed by atoms with Crippen molar-refractivity contribution in [3.05, 3.63) is 36.0 Å². The third-order valence-corrected chi connectivity index (χ3v) is 5.82. The number of aromatic nitrogens is 1. The van der Waals surface area contributed by atoms with Crippen LogP contribution in [0.3, 0.4) is 0 Å². The van der Waals surface area contributed by atoms with Crippen molar-refractivity contribution in [2.24, 2.45) is 0 Å². The summed E-state index contributed by atoms with van der Waals surface area (Å²) in [4.78, 5) is 4.82. The van der Waals surface area contributed by atoms with Crippen LogP contribution in [0.1, 0.15) is 31.2 Å². The number of hydrogen-bond donors (Lipinski definition) is 0. The van der Waals surface area contributed by atoms with Gasteiger partial charge in [-0.15, -0.1) is 10.8 Å². The SMILES string of the molecule is COc1[c-]c2c(ccc3c4c(cnc32)C2(CCCC2)CO4)cc1OC.[Ir]. The van der Waals surface area contributed by atoms with E-state index in [0.717, 1.165) is 34.0 Å². The fourth-order valence-electron chi connectivity index (χ4n) is 4.48. The molecule has 1 spiro atoms. The van der Waals surface area contributed by atoms with E-state index in [1.54, 1.807) is 14.2 Å². The van der Waals surface area contributed by atoms with E-state index in [0.29, 0.717) is 11.5 Å².